The van der Waals surface area contributed by atoms with E-state index in [1.54, 1.807) is 25.3 Å². The lowest BCUT2D eigenvalue weighted by atomic mass is 9.93. The Labute approximate surface area is 194 Å². The number of ketones is 1. The molecule has 0 bridgehead atoms. The minimum Gasteiger partial charge on any atom is -0.507 e. The minimum absolute atomic E-state index is 0.0466. The van der Waals surface area contributed by atoms with Gasteiger partial charge in [-0.1, -0.05) is 26.0 Å². The molecule has 7 nitrogen and oxygen atoms in total. The highest BCUT2D eigenvalue weighted by molar-refractivity contribution is 6.46. The van der Waals surface area contributed by atoms with E-state index in [-0.39, 0.29) is 24.5 Å². The molecule has 1 aliphatic heterocycles. The first-order chi connectivity index (χ1) is 15.8. The number of ether oxygens (including phenoxy) is 3. The van der Waals surface area contributed by atoms with E-state index in [9.17, 15) is 14.7 Å². The van der Waals surface area contributed by atoms with Gasteiger partial charge in [0, 0.05) is 19.2 Å². The van der Waals surface area contributed by atoms with Gasteiger partial charge >= 0.3 is 0 Å². The number of carbonyl (C=O) groups excluding carboxylic acids is 2. The van der Waals surface area contributed by atoms with Gasteiger partial charge in [-0.2, -0.15) is 0 Å². The highest BCUT2D eigenvalue weighted by Crippen LogP contribution is 2.40. The fourth-order valence-corrected chi connectivity index (χ4v) is 3.86. The number of aryl methyl sites for hydroxylation is 1. The van der Waals surface area contributed by atoms with Gasteiger partial charge in [-0.25, -0.2) is 0 Å². The zero-order valence-corrected chi connectivity index (χ0v) is 19.8. The summed E-state index contributed by atoms with van der Waals surface area (Å²) in [5.74, 6) is 0.0110. The minimum atomic E-state index is -0.760. The number of amides is 1. The third-order valence-electron chi connectivity index (χ3n) is 5.52. The van der Waals surface area contributed by atoms with Crippen LogP contribution >= 0.6 is 0 Å². The summed E-state index contributed by atoms with van der Waals surface area (Å²) >= 11 is 0. The molecule has 0 radical (unpaired) electrons. The molecule has 0 aromatic heterocycles. The third-order valence-corrected chi connectivity index (χ3v) is 5.52. The molecular weight excluding hydrogens is 422 g/mol. The average Bonchev–Trinajstić information content (AvgIpc) is 3.05. The summed E-state index contributed by atoms with van der Waals surface area (Å²) in [5.41, 5.74) is 1.92. The fourth-order valence-electron chi connectivity index (χ4n) is 3.86. The van der Waals surface area contributed by atoms with Crippen LogP contribution in [0.5, 0.6) is 11.5 Å². The number of Topliss-reactive ketones (excluding diaryl/α,β-unsaturated/α-hetero) is 1. The number of nitrogens with zero attached hydrogens (tertiary/aromatic N) is 1. The van der Waals surface area contributed by atoms with Crippen molar-refractivity contribution in [2.24, 2.45) is 5.92 Å². The van der Waals surface area contributed by atoms with Gasteiger partial charge < -0.3 is 24.2 Å². The maximum Gasteiger partial charge on any atom is 0.295 e. The first-order valence-electron chi connectivity index (χ1n) is 10.9. The SMILES string of the molecule is COCCN1C(=O)C(=O)/C(=C(/O)c2ccc(OC)cc2C)C1c1cccc(OCC(C)C)c1. The van der Waals surface area contributed by atoms with E-state index in [2.05, 4.69) is 13.8 Å². The van der Waals surface area contributed by atoms with Gasteiger partial charge in [0.1, 0.15) is 17.3 Å². The van der Waals surface area contributed by atoms with Crippen LogP contribution in [0.4, 0.5) is 0 Å². The average molecular weight is 454 g/mol. The first-order valence-corrected chi connectivity index (χ1v) is 10.9. The Balaban J connectivity index is 2.13. The molecule has 1 amide bonds. The van der Waals surface area contributed by atoms with E-state index < -0.39 is 17.7 Å². The highest BCUT2D eigenvalue weighted by Gasteiger charge is 2.46. The molecule has 0 spiro atoms. The number of aliphatic hydroxyl groups is 1. The molecular formula is C26H31NO6. The molecule has 33 heavy (non-hydrogen) atoms. The molecule has 1 aliphatic rings. The van der Waals surface area contributed by atoms with Gasteiger partial charge in [0.15, 0.2) is 0 Å². The van der Waals surface area contributed by atoms with Crippen molar-refractivity contribution < 1.29 is 28.9 Å². The Morgan fingerprint density at radius 2 is 1.85 bits per heavy atom. The summed E-state index contributed by atoms with van der Waals surface area (Å²) in [6.07, 6.45) is 0. The van der Waals surface area contributed by atoms with Gasteiger partial charge in [0.2, 0.25) is 0 Å². The van der Waals surface area contributed by atoms with E-state index in [0.29, 0.717) is 35.2 Å². The lowest BCUT2D eigenvalue weighted by Crippen LogP contribution is -2.32. The topological polar surface area (TPSA) is 85.3 Å². The Morgan fingerprint density at radius 3 is 2.48 bits per heavy atom. The normalized spacial score (nSPS) is 17.6. The lowest BCUT2D eigenvalue weighted by Gasteiger charge is -2.25. The molecule has 2 aromatic carbocycles. The van der Waals surface area contributed by atoms with Crippen LogP contribution in [0.2, 0.25) is 0 Å². The molecule has 0 saturated carbocycles. The molecule has 1 heterocycles. The van der Waals surface area contributed by atoms with Crippen molar-refractivity contribution in [3.05, 3.63) is 64.7 Å². The summed E-state index contributed by atoms with van der Waals surface area (Å²) in [4.78, 5) is 27.5. The molecule has 3 rings (SSSR count). The van der Waals surface area contributed by atoms with Crippen LogP contribution in [0.15, 0.2) is 48.0 Å². The number of aliphatic hydroxyl groups excluding tert-OH is 1. The molecule has 0 aliphatic carbocycles. The third kappa shape index (κ3) is 5.20. The van der Waals surface area contributed by atoms with Crippen molar-refractivity contribution in [3.63, 3.8) is 0 Å². The lowest BCUT2D eigenvalue weighted by molar-refractivity contribution is -0.140. The summed E-state index contributed by atoms with van der Waals surface area (Å²) in [7, 11) is 3.09. The molecule has 1 saturated heterocycles. The molecule has 7 heteroatoms. The Bertz CT molecular complexity index is 1060. The van der Waals surface area contributed by atoms with E-state index in [4.69, 9.17) is 14.2 Å². The first kappa shape index (κ1) is 24.3. The second kappa shape index (κ2) is 10.5. The summed E-state index contributed by atoms with van der Waals surface area (Å²) in [6.45, 7) is 6.93. The molecule has 1 unspecified atom stereocenters. The van der Waals surface area contributed by atoms with Crippen LogP contribution in [-0.4, -0.2) is 55.7 Å². The number of methoxy groups -OCH3 is 2. The standard InChI is InChI=1S/C26H31NO6/c1-16(2)15-33-20-8-6-7-18(14-20)23-22(25(29)26(30)27(23)11-12-31-4)24(28)21-10-9-19(32-5)13-17(21)3/h6-10,13-14,16,23,28H,11-12,15H2,1-5H3/b24-22+. The van der Waals surface area contributed by atoms with Gasteiger partial charge in [0.25, 0.3) is 11.7 Å². The smallest absolute Gasteiger partial charge is 0.295 e. The quantitative estimate of drug-likeness (QED) is 0.349. The van der Waals surface area contributed by atoms with Crippen LogP contribution in [0.25, 0.3) is 5.76 Å². The molecule has 1 atom stereocenters. The van der Waals surface area contributed by atoms with Crippen LogP contribution in [0.3, 0.4) is 0 Å². The predicted molar refractivity (Wildman–Crippen MR) is 125 cm³/mol. The number of likely N-dealkylation sites (tertiary alicyclic amines) is 1. The summed E-state index contributed by atoms with van der Waals surface area (Å²) in [6, 6.07) is 11.7. The number of carbonyl (C=O) groups is 2. The van der Waals surface area contributed by atoms with Crippen LogP contribution in [-0.2, 0) is 14.3 Å². The van der Waals surface area contributed by atoms with Crippen molar-refractivity contribution in [2.75, 3.05) is 34.0 Å². The van der Waals surface area contributed by atoms with E-state index in [0.717, 1.165) is 5.56 Å². The Hall–Kier alpha value is -3.32. The molecule has 1 N–H and O–H groups in total. The fraction of sp³-hybridized carbons (Fsp3) is 0.385. The predicted octanol–water partition coefficient (Wildman–Crippen LogP) is 4.11. The van der Waals surface area contributed by atoms with Crippen molar-refractivity contribution >= 4 is 17.4 Å². The van der Waals surface area contributed by atoms with Gasteiger partial charge in [-0.15, -0.1) is 0 Å². The monoisotopic (exact) mass is 453 g/mol. The largest absolute Gasteiger partial charge is 0.507 e. The van der Waals surface area contributed by atoms with Gasteiger partial charge in [0.05, 0.1) is 31.9 Å². The van der Waals surface area contributed by atoms with Crippen LogP contribution in [0.1, 0.15) is 36.6 Å². The van der Waals surface area contributed by atoms with E-state index >= 15 is 0 Å². The van der Waals surface area contributed by atoms with Crippen molar-refractivity contribution in [2.45, 2.75) is 26.8 Å². The van der Waals surface area contributed by atoms with Crippen LogP contribution in [0, 0.1) is 12.8 Å². The molecule has 1 fully saturated rings. The van der Waals surface area contributed by atoms with Crippen molar-refractivity contribution in [1.29, 1.82) is 0 Å². The van der Waals surface area contributed by atoms with Crippen molar-refractivity contribution in [3.8, 4) is 11.5 Å². The molecule has 176 valence electrons. The maximum atomic E-state index is 13.1. The van der Waals surface area contributed by atoms with Gasteiger partial charge in [-0.3, -0.25) is 9.59 Å². The zero-order chi connectivity index (χ0) is 24.1. The van der Waals surface area contributed by atoms with E-state index in [1.165, 1.54) is 12.0 Å². The summed E-state index contributed by atoms with van der Waals surface area (Å²) in [5, 5.41) is 11.2. The molecule has 2 aromatic rings. The zero-order valence-electron chi connectivity index (χ0n) is 19.8. The maximum absolute atomic E-state index is 13.1. The van der Waals surface area contributed by atoms with Crippen LogP contribution < -0.4 is 9.47 Å². The number of hydrogen-bond donors (Lipinski definition) is 1. The summed E-state index contributed by atoms with van der Waals surface area (Å²) < 4.78 is 16.3. The highest BCUT2D eigenvalue weighted by atomic mass is 16.5. The van der Waals surface area contributed by atoms with Crippen molar-refractivity contribution in [1.82, 2.24) is 4.90 Å². The van der Waals surface area contributed by atoms with E-state index in [1.807, 2.05) is 31.2 Å². The number of rotatable bonds is 9. The Morgan fingerprint density at radius 1 is 1.09 bits per heavy atom. The number of benzene rings is 2. The Kier molecular flexibility index (Phi) is 7.76. The number of hydrogen-bond acceptors (Lipinski definition) is 6. The second-order valence-electron chi connectivity index (χ2n) is 8.44. The van der Waals surface area contributed by atoms with Gasteiger partial charge in [-0.05, 0) is 54.3 Å². The second-order valence-corrected chi connectivity index (χ2v) is 8.44.